The minimum absolute atomic E-state index is 0.664. The molecular formula is C16H21BrClN. The zero-order valence-corrected chi connectivity index (χ0v) is 13.5. The molecule has 1 saturated carbocycles. The summed E-state index contributed by atoms with van der Waals surface area (Å²) < 4.78 is 1.23. The summed E-state index contributed by atoms with van der Waals surface area (Å²) in [7, 11) is 0. The van der Waals surface area contributed by atoms with Crippen LogP contribution in [-0.4, -0.2) is 13.1 Å². The molecule has 0 radical (unpaired) electrons. The van der Waals surface area contributed by atoms with Crippen LogP contribution in [0.3, 0.4) is 0 Å². The third kappa shape index (κ3) is 3.01. The van der Waals surface area contributed by atoms with Crippen molar-refractivity contribution in [2.24, 2.45) is 11.8 Å². The van der Waals surface area contributed by atoms with Crippen LogP contribution in [0.1, 0.15) is 43.6 Å². The summed E-state index contributed by atoms with van der Waals surface area (Å²) in [5, 5.41) is 4.46. The number of rotatable bonds is 2. The quantitative estimate of drug-likeness (QED) is 0.798. The average molecular weight is 343 g/mol. The molecule has 3 rings (SSSR count). The highest BCUT2D eigenvalue weighted by Gasteiger charge is 2.34. The molecule has 0 amide bonds. The minimum atomic E-state index is 0.664. The van der Waals surface area contributed by atoms with Crippen LogP contribution < -0.4 is 5.32 Å². The first kappa shape index (κ1) is 13.9. The van der Waals surface area contributed by atoms with Gasteiger partial charge in [0.15, 0.2) is 0 Å². The third-order valence-corrected chi connectivity index (χ3v) is 5.85. The second-order valence-electron chi connectivity index (χ2n) is 5.97. The van der Waals surface area contributed by atoms with Gasteiger partial charge >= 0.3 is 0 Å². The molecule has 2 unspecified atom stereocenters. The van der Waals surface area contributed by atoms with Gasteiger partial charge in [-0.05, 0) is 61.0 Å². The molecule has 1 aromatic carbocycles. The average Bonchev–Trinajstić information content (AvgIpc) is 2.95. The fourth-order valence-corrected chi connectivity index (χ4v) is 4.67. The maximum atomic E-state index is 6.21. The first-order valence-corrected chi connectivity index (χ1v) is 8.58. The molecule has 19 heavy (non-hydrogen) atoms. The second-order valence-corrected chi connectivity index (χ2v) is 7.26. The molecule has 1 aliphatic carbocycles. The predicted octanol–water partition coefficient (Wildman–Crippen LogP) is 4.99. The van der Waals surface area contributed by atoms with Gasteiger partial charge in [0.05, 0.1) is 0 Å². The predicted molar refractivity (Wildman–Crippen MR) is 84.8 cm³/mol. The maximum Gasteiger partial charge on any atom is 0.0409 e. The second kappa shape index (κ2) is 6.15. The van der Waals surface area contributed by atoms with Crippen molar-refractivity contribution >= 4 is 27.5 Å². The minimum Gasteiger partial charge on any atom is -0.316 e. The fraction of sp³-hybridized carbons (Fsp3) is 0.625. The molecule has 1 nitrogen and oxygen atoms in total. The van der Waals surface area contributed by atoms with E-state index in [0.717, 1.165) is 23.4 Å². The fourth-order valence-electron chi connectivity index (χ4n) is 3.95. The van der Waals surface area contributed by atoms with Crippen LogP contribution in [0.15, 0.2) is 22.7 Å². The van der Waals surface area contributed by atoms with Crippen LogP contribution in [-0.2, 0) is 0 Å². The number of benzene rings is 1. The summed E-state index contributed by atoms with van der Waals surface area (Å²) in [6.07, 6.45) is 6.91. The highest BCUT2D eigenvalue weighted by Crippen LogP contribution is 2.44. The summed E-state index contributed by atoms with van der Waals surface area (Å²) >= 11 is 9.93. The van der Waals surface area contributed by atoms with E-state index in [-0.39, 0.29) is 0 Å². The van der Waals surface area contributed by atoms with Gasteiger partial charge in [-0.25, -0.2) is 0 Å². The van der Waals surface area contributed by atoms with Gasteiger partial charge in [0.25, 0.3) is 0 Å². The molecule has 3 heteroatoms. The Morgan fingerprint density at radius 2 is 1.95 bits per heavy atom. The maximum absolute atomic E-state index is 6.21. The molecule has 104 valence electrons. The molecule has 0 spiro atoms. The van der Waals surface area contributed by atoms with Gasteiger partial charge < -0.3 is 5.32 Å². The highest BCUT2D eigenvalue weighted by molar-refractivity contribution is 9.10. The van der Waals surface area contributed by atoms with Gasteiger partial charge in [-0.3, -0.25) is 0 Å². The smallest absolute Gasteiger partial charge is 0.0409 e. The van der Waals surface area contributed by atoms with Gasteiger partial charge in [-0.1, -0.05) is 53.2 Å². The Hall–Kier alpha value is -0.0500. The number of piperidine rings is 1. The largest absolute Gasteiger partial charge is 0.316 e. The van der Waals surface area contributed by atoms with Crippen LogP contribution in [0, 0.1) is 11.8 Å². The van der Waals surface area contributed by atoms with E-state index in [1.165, 1.54) is 48.7 Å². The van der Waals surface area contributed by atoms with Gasteiger partial charge in [-0.2, -0.15) is 0 Å². The first-order valence-electron chi connectivity index (χ1n) is 7.41. The Bertz CT molecular complexity index is 442. The van der Waals surface area contributed by atoms with E-state index in [1.807, 2.05) is 6.07 Å². The monoisotopic (exact) mass is 341 g/mol. The van der Waals surface area contributed by atoms with Crippen LogP contribution in [0.25, 0.3) is 0 Å². The summed E-state index contributed by atoms with van der Waals surface area (Å²) in [6.45, 7) is 2.31. The zero-order valence-electron chi connectivity index (χ0n) is 11.2. The third-order valence-electron chi connectivity index (χ3n) is 4.89. The van der Waals surface area contributed by atoms with Crippen LogP contribution in [0.5, 0.6) is 0 Å². The molecule has 0 aromatic heterocycles. The van der Waals surface area contributed by atoms with Gasteiger partial charge in [0, 0.05) is 9.50 Å². The van der Waals surface area contributed by atoms with E-state index in [1.54, 1.807) is 0 Å². The van der Waals surface area contributed by atoms with Crippen molar-refractivity contribution in [2.75, 3.05) is 13.1 Å². The van der Waals surface area contributed by atoms with Gasteiger partial charge in [0.2, 0.25) is 0 Å². The van der Waals surface area contributed by atoms with E-state index >= 15 is 0 Å². The Morgan fingerprint density at radius 3 is 2.74 bits per heavy atom. The molecule has 0 bridgehead atoms. The lowest BCUT2D eigenvalue weighted by Gasteiger charge is -2.37. The number of hydrogen-bond acceptors (Lipinski definition) is 1. The van der Waals surface area contributed by atoms with E-state index in [2.05, 4.69) is 33.4 Å². The standard InChI is InChI=1S/C16H21BrClN/c17-16-6-5-12(18)9-14(16)13-7-8-19-10-15(13)11-3-1-2-4-11/h5-6,9,11,13,15,19H,1-4,7-8,10H2. The number of hydrogen-bond donors (Lipinski definition) is 1. The molecule has 2 fully saturated rings. The molecule has 1 N–H and O–H groups in total. The van der Waals surface area contributed by atoms with Crippen molar-refractivity contribution < 1.29 is 0 Å². The SMILES string of the molecule is Clc1ccc(Br)c(C2CCNCC2C2CCCC2)c1. The molecule has 1 saturated heterocycles. The highest BCUT2D eigenvalue weighted by atomic mass is 79.9. The summed E-state index contributed by atoms with van der Waals surface area (Å²) in [5.41, 5.74) is 1.42. The van der Waals surface area contributed by atoms with Gasteiger partial charge in [-0.15, -0.1) is 0 Å². The molecule has 1 aromatic rings. The molecular weight excluding hydrogens is 322 g/mol. The van der Waals surface area contributed by atoms with E-state index in [9.17, 15) is 0 Å². The van der Waals surface area contributed by atoms with Crippen LogP contribution in [0.2, 0.25) is 5.02 Å². The first-order chi connectivity index (χ1) is 9.25. The van der Waals surface area contributed by atoms with Crippen LogP contribution in [0.4, 0.5) is 0 Å². The Morgan fingerprint density at radius 1 is 1.16 bits per heavy atom. The van der Waals surface area contributed by atoms with E-state index < -0.39 is 0 Å². The lowest BCUT2D eigenvalue weighted by atomic mass is 9.73. The van der Waals surface area contributed by atoms with Crippen molar-refractivity contribution in [1.29, 1.82) is 0 Å². The Labute approximate surface area is 129 Å². The molecule has 1 heterocycles. The molecule has 1 aliphatic heterocycles. The van der Waals surface area contributed by atoms with Crippen molar-refractivity contribution in [3.05, 3.63) is 33.3 Å². The summed E-state index contributed by atoms with van der Waals surface area (Å²) in [4.78, 5) is 0. The molecule has 2 atom stereocenters. The normalized spacial score (nSPS) is 28.7. The zero-order chi connectivity index (χ0) is 13.2. The summed E-state index contributed by atoms with van der Waals surface area (Å²) in [6, 6.07) is 6.25. The Balaban J connectivity index is 1.88. The topological polar surface area (TPSA) is 12.0 Å². The van der Waals surface area contributed by atoms with Gasteiger partial charge in [0.1, 0.15) is 0 Å². The Kier molecular flexibility index (Phi) is 4.51. The number of halogens is 2. The molecule has 2 aliphatic rings. The van der Waals surface area contributed by atoms with E-state index in [0.29, 0.717) is 5.92 Å². The lowest BCUT2D eigenvalue weighted by Crippen LogP contribution is -2.38. The van der Waals surface area contributed by atoms with Crippen molar-refractivity contribution in [2.45, 2.75) is 38.0 Å². The van der Waals surface area contributed by atoms with Crippen molar-refractivity contribution in [1.82, 2.24) is 5.32 Å². The van der Waals surface area contributed by atoms with Crippen LogP contribution >= 0.6 is 27.5 Å². The van der Waals surface area contributed by atoms with Crippen molar-refractivity contribution in [3.8, 4) is 0 Å². The summed E-state index contributed by atoms with van der Waals surface area (Å²) in [5.74, 6) is 2.35. The number of nitrogens with one attached hydrogen (secondary N) is 1. The van der Waals surface area contributed by atoms with E-state index in [4.69, 9.17) is 11.6 Å². The lowest BCUT2D eigenvalue weighted by molar-refractivity contribution is 0.230. The van der Waals surface area contributed by atoms with Crippen molar-refractivity contribution in [3.63, 3.8) is 0 Å².